The summed E-state index contributed by atoms with van der Waals surface area (Å²) in [5.74, 6) is -0.139. The summed E-state index contributed by atoms with van der Waals surface area (Å²) >= 11 is 0. The summed E-state index contributed by atoms with van der Waals surface area (Å²) in [5, 5.41) is 7.70. The molecule has 2 heterocycles. The van der Waals surface area contributed by atoms with Gasteiger partial charge in [0, 0.05) is 18.7 Å². The molecule has 4 aromatic rings. The maximum atomic E-state index is 14.4. The first kappa shape index (κ1) is 18.6. The number of nitrogens with zero attached hydrogens (tertiary/aromatic N) is 4. The van der Waals surface area contributed by atoms with Gasteiger partial charge in [-0.05, 0) is 24.3 Å². The molecule has 0 unspecified atom stereocenters. The number of nitrogen functional groups attached to an aromatic ring is 1. The molecule has 3 N–H and O–H groups in total. The van der Waals surface area contributed by atoms with Crippen LogP contribution in [0.2, 0.25) is 0 Å². The summed E-state index contributed by atoms with van der Waals surface area (Å²) in [6.45, 7) is 0.782. The first-order chi connectivity index (χ1) is 14.0. The van der Waals surface area contributed by atoms with Crippen LogP contribution in [-0.2, 0) is 7.05 Å². The lowest BCUT2D eigenvalue weighted by Gasteiger charge is -2.10. The minimum atomic E-state index is -0.744. The van der Waals surface area contributed by atoms with Crippen molar-refractivity contribution in [2.45, 2.75) is 0 Å². The Kier molecular flexibility index (Phi) is 4.94. The molecule has 0 radical (unpaired) electrons. The molecule has 148 valence electrons. The zero-order valence-electron chi connectivity index (χ0n) is 15.6. The van der Waals surface area contributed by atoms with Gasteiger partial charge in [-0.15, -0.1) is 0 Å². The highest BCUT2D eigenvalue weighted by atomic mass is 19.1. The number of nitrogens with two attached hydrogens (primary N) is 1. The smallest absolute Gasteiger partial charge is 0.225 e. The highest BCUT2D eigenvalue weighted by Gasteiger charge is 2.19. The molecule has 9 heteroatoms. The Morgan fingerprint density at radius 1 is 1.10 bits per heavy atom. The molecule has 7 nitrogen and oxygen atoms in total. The fourth-order valence-corrected chi connectivity index (χ4v) is 2.92. The van der Waals surface area contributed by atoms with E-state index in [0.29, 0.717) is 24.2 Å². The van der Waals surface area contributed by atoms with Crippen molar-refractivity contribution in [3.05, 3.63) is 60.2 Å². The average Bonchev–Trinajstić information content (AvgIpc) is 2.99. The van der Waals surface area contributed by atoms with Gasteiger partial charge in [0.25, 0.3) is 0 Å². The lowest BCUT2D eigenvalue weighted by atomic mass is 10.1. The number of hydrogen-bond acceptors (Lipinski definition) is 6. The lowest BCUT2D eigenvalue weighted by molar-refractivity contribution is 0.332. The quantitative estimate of drug-likeness (QED) is 0.486. The maximum Gasteiger partial charge on any atom is 0.225 e. The standard InChI is InChI=1S/C20H18F2N6O/c1-28-18(23)16-17(14-8-7-12(21)11-15(14)22)25-20(26-19(16)27-28)24-9-10-29-13-5-3-2-4-6-13/h2-8,11H,9-10,23H2,1H3,(H,24,26,27). The molecule has 2 aromatic heterocycles. The molecule has 0 saturated carbocycles. The van der Waals surface area contributed by atoms with Crippen molar-refractivity contribution in [3.8, 4) is 17.0 Å². The number of fused-ring (bicyclic) bond motifs is 1. The molecule has 2 aromatic carbocycles. The van der Waals surface area contributed by atoms with Crippen molar-refractivity contribution in [2.75, 3.05) is 24.2 Å². The molecule has 0 aliphatic rings. The van der Waals surface area contributed by atoms with Crippen molar-refractivity contribution >= 4 is 22.8 Å². The van der Waals surface area contributed by atoms with E-state index in [-0.39, 0.29) is 23.0 Å². The van der Waals surface area contributed by atoms with E-state index in [1.54, 1.807) is 7.05 Å². The molecular weight excluding hydrogens is 378 g/mol. The van der Waals surface area contributed by atoms with Crippen molar-refractivity contribution in [1.82, 2.24) is 19.7 Å². The van der Waals surface area contributed by atoms with Gasteiger partial charge in [0.2, 0.25) is 5.95 Å². The van der Waals surface area contributed by atoms with Crippen molar-refractivity contribution in [1.29, 1.82) is 0 Å². The Morgan fingerprint density at radius 2 is 1.90 bits per heavy atom. The average molecular weight is 396 g/mol. The molecule has 0 saturated heterocycles. The van der Waals surface area contributed by atoms with Crippen LogP contribution in [0.15, 0.2) is 48.5 Å². The number of anilines is 2. The molecular formula is C20H18F2N6O. The van der Waals surface area contributed by atoms with E-state index in [9.17, 15) is 8.78 Å². The SMILES string of the molecule is Cn1nc2nc(NCCOc3ccccc3)nc(-c3ccc(F)cc3F)c2c1N. The van der Waals surface area contributed by atoms with E-state index in [1.807, 2.05) is 30.3 Å². The summed E-state index contributed by atoms with van der Waals surface area (Å²) in [7, 11) is 1.66. The summed E-state index contributed by atoms with van der Waals surface area (Å²) in [6.07, 6.45) is 0. The largest absolute Gasteiger partial charge is 0.492 e. The fourth-order valence-electron chi connectivity index (χ4n) is 2.92. The molecule has 4 rings (SSSR count). The Morgan fingerprint density at radius 3 is 2.66 bits per heavy atom. The van der Waals surface area contributed by atoms with E-state index in [1.165, 1.54) is 16.8 Å². The van der Waals surface area contributed by atoms with Gasteiger partial charge >= 0.3 is 0 Å². The summed E-state index contributed by atoms with van der Waals surface area (Å²) in [4.78, 5) is 8.76. The van der Waals surface area contributed by atoms with Gasteiger partial charge in [-0.3, -0.25) is 4.68 Å². The Bertz CT molecular complexity index is 1160. The van der Waals surface area contributed by atoms with Gasteiger partial charge in [-0.2, -0.15) is 10.1 Å². The number of nitrogens with one attached hydrogen (secondary N) is 1. The molecule has 0 atom stereocenters. The highest BCUT2D eigenvalue weighted by Crippen LogP contribution is 2.32. The van der Waals surface area contributed by atoms with Gasteiger partial charge < -0.3 is 15.8 Å². The van der Waals surface area contributed by atoms with Crippen molar-refractivity contribution in [3.63, 3.8) is 0 Å². The van der Waals surface area contributed by atoms with Crippen LogP contribution in [0.25, 0.3) is 22.3 Å². The Hall–Kier alpha value is -3.75. The van der Waals surface area contributed by atoms with Crippen LogP contribution < -0.4 is 15.8 Å². The number of benzene rings is 2. The number of rotatable bonds is 6. The molecule has 0 bridgehead atoms. The Balaban J connectivity index is 1.63. The molecule has 0 aliphatic heterocycles. The number of ether oxygens (including phenoxy) is 1. The van der Waals surface area contributed by atoms with E-state index in [2.05, 4.69) is 20.4 Å². The van der Waals surface area contributed by atoms with Crippen molar-refractivity contribution < 1.29 is 13.5 Å². The number of aryl methyl sites for hydroxylation is 1. The van der Waals surface area contributed by atoms with Gasteiger partial charge in [-0.1, -0.05) is 18.2 Å². The third kappa shape index (κ3) is 3.79. The second-order valence-electron chi connectivity index (χ2n) is 6.32. The normalized spacial score (nSPS) is 11.0. The van der Waals surface area contributed by atoms with Crippen LogP contribution in [0.4, 0.5) is 20.5 Å². The van der Waals surface area contributed by atoms with Gasteiger partial charge in [0.15, 0.2) is 5.65 Å². The minimum absolute atomic E-state index is 0.113. The number of hydrogen-bond donors (Lipinski definition) is 2. The summed E-state index contributed by atoms with van der Waals surface area (Å²) in [5.41, 5.74) is 6.74. The molecule has 29 heavy (non-hydrogen) atoms. The zero-order chi connectivity index (χ0) is 20.4. The first-order valence-corrected chi connectivity index (χ1v) is 8.90. The van der Waals surface area contributed by atoms with Gasteiger partial charge in [-0.25, -0.2) is 13.8 Å². The Labute approximate surface area is 165 Å². The van der Waals surface area contributed by atoms with Gasteiger partial charge in [0.05, 0.1) is 17.6 Å². The molecule has 0 aliphatic carbocycles. The predicted molar refractivity (Wildman–Crippen MR) is 106 cm³/mol. The topological polar surface area (TPSA) is 90.9 Å². The van der Waals surface area contributed by atoms with Crippen LogP contribution in [0.3, 0.4) is 0 Å². The number of para-hydroxylation sites is 1. The van der Waals surface area contributed by atoms with E-state index in [0.717, 1.165) is 11.8 Å². The van der Waals surface area contributed by atoms with E-state index >= 15 is 0 Å². The maximum absolute atomic E-state index is 14.4. The van der Waals surface area contributed by atoms with Crippen LogP contribution in [-0.4, -0.2) is 32.9 Å². The minimum Gasteiger partial charge on any atom is -0.492 e. The predicted octanol–water partition coefficient (Wildman–Crippen LogP) is 3.38. The van der Waals surface area contributed by atoms with Crippen LogP contribution in [0.5, 0.6) is 5.75 Å². The number of halogens is 2. The van der Waals surface area contributed by atoms with Crippen molar-refractivity contribution in [2.24, 2.45) is 7.05 Å². The van der Waals surface area contributed by atoms with Gasteiger partial charge in [0.1, 0.15) is 29.8 Å². The molecule has 0 spiro atoms. The van der Waals surface area contributed by atoms with Crippen LogP contribution >= 0.6 is 0 Å². The molecule has 0 amide bonds. The summed E-state index contributed by atoms with van der Waals surface area (Å²) < 4.78 is 34.8. The fraction of sp³-hybridized carbons (Fsp3) is 0.150. The second kappa shape index (κ2) is 7.70. The first-order valence-electron chi connectivity index (χ1n) is 8.90. The van der Waals surface area contributed by atoms with E-state index < -0.39 is 11.6 Å². The molecule has 0 fully saturated rings. The van der Waals surface area contributed by atoms with Crippen LogP contribution in [0.1, 0.15) is 0 Å². The van der Waals surface area contributed by atoms with E-state index in [4.69, 9.17) is 10.5 Å². The second-order valence-corrected chi connectivity index (χ2v) is 6.32. The number of aromatic nitrogens is 4. The lowest BCUT2D eigenvalue weighted by Crippen LogP contribution is -2.13. The monoisotopic (exact) mass is 396 g/mol. The van der Waals surface area contributed by atoms with Crippen LogP contribution in [0, 0.1) is 11.6 Å². The zero-order valence-corrected chi connectivity index (χ0v) is 15.6. The summed E-state index contributed by atoms with van der Waals surface area (Å²) in [6, 6.07) is 12.7. The third-order valence-corrected chi connectivity index (χ3v) is 4.32. The highest BCUT2D eigenvalue weighted by molar-refractivity contribution is 5.98. The third-order valence-electron chi connectivity index (χ3n) is 4.32.